The number of fused-ring (bicyclic) bond motifs is 1. The van der Waals surface area contributed by atoms with Gasteiger partial charge in [0.25, 0.3) is 5.78 Å². The van der Waals surface area contributed by atoms with E-state index in [-0.39, 0.29) is 11.3 Å². The topological polar surface area (TPSA) is 89.0 Å². The van der Waals surface area contributed by atoms with Crippen LogP contribution in [0.1, 0.15) is 42.1 Å². The van der Waals surface area contributed by atoms with E-state index >= 15 is 0 Å². The minimum absolute atomic E-state index is 0.00132. The minimum atomic E-state index is -0.910. The quantitative estimate of drug-likeness (QED) is 0.175. The average Bonchev–Trinajstić information content (AvgIpc) is 3.46. The molecule has 1 aliphatic heterocycles. The fraction of sp³-hybridized carbons (Fsp3) is 0.233. The van der Waals surface area contributed by atoms with Crippen LogP contribution in [0.4, 0.5) is 5.13 Å². The van der Waals surface area contributed by atoms with Crippen molar-refractivity contribution in [2.45, 2.75) is 33.2 Å². The van der Waals surface area contributed by atoms with E-state index in [2.05, 4.69) is 6.92 Å². The highest BCUT2D eigenvalue weighted by Crippen LogP contribution is 2.46. The summed E-state index contributed by atoms with van der Waals surface area (Å²) in [4.78, 5) is 33.2. The van der Waals surface area contributed by atoms with Crippen molar-refractivity contribution in [2.24, 2.45) is 0 Å². The van der Waals surface area contributed by atoms with Crippen LogP contribution in [0.5, 0.6) is 11.5 Å². The maximum Gasteiger partial charge on any atom is 0.301 e. The monoisotopic (exact) mass is 528 g/mol. The van der Waals surface area contributed by atoms with Crippen molar-refractivity contribution in [3.63, 3.8) is 0 Å². The molecule has 0 spiro atoms. The van der Waals surface area contributed by atoms with E-state index in [0.29, 0.717) is 34.4 Å². The lowest BCUT2D eigenvalue weighted by molar-refractivity contribution is -0.132. The standard InChI is InChI=1S/C30H28N2O5S/c1-5-18-9-13-21-24(15-18)38-30(31-21)32-26(20-12-14-22(37-6-2)23(16-20)36-4)25(28(34)29(32)35)27(33)19-10-7-17(3)8-11-19/h7-16,26,33H,5-6H2,1-4H3. The molecule has 0 bridgehead atoms. The van der Waals surface area contributed by atoms with Gasteiger partial charge in [-0.05, 0) is 55.7 Å². The van der Waals surface area contributed by atoms with Gasteiger partial charge < -0.3 is 14.6 Å². The number of thiazole rings is 1. The molecular weight excluding hydrogens is 500 g/mol. The van der Waals surface area contributed by atoms with Crippen LogP contribution in [-0.4, -0.2) is 35.5 Å². The lowest BCUT2D eigenvalue weighted by atomic mass is 9.95. The number of amides is 1. The zero-order valence-corrected chi connectivity index (χ0v) is 22.5. The summed E-state index contributed by atoms with van der Waals surface area (Å²) in [6, 6.07) is 17.5. The number of aryl methyl sites for hydroxylation is 2. The van der Waals surface area contributed by atoms with Crippen LogP contribution < -0.4 is 14.4 Å². The number of ether oxygens (including phenoxy) is 2. The van der Waals surface area contributed by atoms with Gasteiger partial charge in [0.15, 0.2) is 16.6 Å². The molecule has 1 amide bonds. The molecule has 0 radical (unpaired) electrons. The van der Waals surface area contributed by atoms with Gasteiger partial charge in [0.1, 0.15) is 5.76 Å². The number of carbonyl (C=O) groups is 2. The maximum absolute atomic E-state index is 13.6. The van der Waals surface area contributed by atoms with Gasteiger partial charge in [0.05, 0.1) is 35.5 Å². The van der Waals surface area contributed by atoms with Crippen molar-refractivity contribution in [1.82, 2.24) is 4.98 Å². The van der Waals surface area contributed by atoms with E-state index < -0.39 is 17.7 Å². The summed E-state index contributed by atoms with van der Waals surface area (Å²) in [7, 11) is 1.53. The van der Waals surface area contributed by atoms with Gasteiger partial charge in [-0.3, -0.25) is 14.5 Å². The summed E-state index contributed by atoms with van der Waals surface area (Å²) in [5, 5.41) is 11.8. The first-order valence-corrected chi connectivity index (χ1v) is 13.3. The largest absolute Gasteiger partial charge is 0.507 e. The van der Waals surface area contributed by atoms with Crippen LogP contribution in [0, 0.1) is 6.92 Å². The van der Waals surface area contributed by atoms with E-state index in [9.17, 15) is 14.7 Å². The Kier molecular flexibility index (Phi) is 6.91. The van der Waals surface area contributed by atoms with Crippen LogP contribution in [0.3, 0.4) is 0 Å². The van der Waals surface area contributed by atoms with Gasteiger partial charge in [-0.2, -0.15) is 0 Å². The first-order chi connectivity index (χ1) is 18.4. The number of anilines is 1. The first kappa shape index (κ1) is 25.5. The number of hydrogen-bond acceptors (Lipinski definition) is 7. The number of methoxy groups -OCH3 is 1. The molecule has 1 aromatic heterocycles. The summed E-state index contributed by atoms with van der Waals surface area (Å²) in [6.45, 7) is 6.34. The van der Waals surface area contributed by atoms with E-state index in [4.69, 9.17) is 14.5 Å². The molecule has 1 fully saturated rings. The first-order valence-electron chi connectivity index (χ1n) is 12.4. The molecule has 1 saturated heterocycles. The summed E-state index contributed by atoms with van der Waals surface area (Å²) in [5.74, 6) is -0.748. The van der Waals surface area contributed by atoms with Crippen LogP contribution in [0.2, 0.25) is 0 Å². The Morgan fingerprint density at radius 1 is 1.03 bits per heavy atom. The number of aliphatic hydroxyl groups excluding tert-OH is 1. The summed E-state index contributed by atoms with van der Waals surface area (Å²) in [5.41, 5.74) is 3.95. The number of carbonyl (C=O) groups excluding carboxylic acids is 2. The molecule has 7 nitrogen and oxygen atoms in total. The molecular formula is C30H28N2O5S. The maximum atomic E-state index is 13.6. The second-order valence-electron chi connectivity index (χ2n) is 9.03. The lowest BCUT2D eigenvalue weighted by Gasteiger charge is -2.24. The zero-order chi connectivity index (χ0) is 27.0. The summed E-state index contributed by atoms with van der Waals surface area (Å²) < 4.78 is 12.1. The Morgan fingerprint density at radius 2 is 1.79 bits per heavy atom. The van der Waals surface area contributed by atoms with Crippen molar-refractivity contribution in [3.8, 4) is 11.5 Å². The van der Waals surface area contributed by atoms with Gasteiger partial charge in [0.2, 0.25) is 0 Å². The predicted molar refractivity (Wildman–Crippen MR) is 149 cm³/mol. The van der Waals surface area contributed by atoms with Gasteiger partial charge in [-0.25, -0.2) is 4.98 Å². The number of hydrogen-bond donors (Lipinski definition) is 1. The van der Waals surface area contributed by atoms with Crippen LogP contribution in [0.25, 0.3) is 16.0 Å². The second kappa shape index (κ2) is 10.3. The van der Waals surface area contributed by atoms with Crippen LogP contribution >= 0.6 is 11.3 Å². The van der Waals surface area contributed by atoms with Crippen molar-refractivity contribution in [2.75, 3.05) is 18.6 Å². The van der Waals surface area contributed by atoms with Gasteiger partial charge in [-0.15, -0.1) is 0 Å². The zero-order valence-electron chi connectivity index (χ0n) is 21.6. The number of Topliss-reactive ketones (excluding diaryl/α,β-unsaturated/α-hetero) is 1. The van der Waals surface area contributed by atoms with Gasteiger partial charge >= 0.3 is 5.91 Å². The van der Waals surface area contributed by atoms with Gasteiger partial charge in [0, 0.05) is 5.56 Å². The van der Waals surface area contributed by atoms with E-state index in [1.165, 1.54) is 23.3 Å². The van der Waals surface area contributed by atoms with Crippen LogP contribution in [0.15, 0.2) is 66.2 Å². The molecule has 3 aromatic carbocycles. The fourth-order valence-corrected chi connectivity index (χ4v) is 5.68. The fourth-order valence-electron chi connectivity index (χ4n) is 4.62. The summed E-state index contributed by atoms with van der Waals surface area (Å²) in [6.07, 6.45) is 0.871. The van der Waals surface area contributed by atoms with Crippen LogP contribution in [-0.2, 0) is 16.0 Å². The van der Waals surface area contributed by atoms with E-state index in [1.807, 2.05) is 44.2 Å². The molecule has 8 heteroatoms. The number of benzene rings is 3. The molecule has 194 valence electrons. The Morgan fingerprint density at radius 3 is 2.47 bits per heavy atom. The Bertz CT molecular complexity index is 1570. The molecule has 5 rings (SSSR count). The number of aliphatic hydroxyl groups is 1. The molecule has 1 atom stereocenters. The van der Waals surface area contributed by atoms with Crippen molar-refractivity contribution in [1.29, 1.82) is 0 Å². The highest BCUT2D eigenvalue weighted by atomic mass is 32.1. The highest BCUT2D eigenvalue weighted by Gasteiger charge is 2.48. The van der Waals surface area contributed by atoms with E-state index in [0.717, 1.165) is 27.8 Å². The number of rotatable bonds is 7. The minimum Gasteiger partial charge on any atom is -0.507 e. The van der Waals surface area contributed by atoms with Crippen molar-refractivity contribution in [3.05, 3.63) is 88.5 Å². The lowest BCUT2D eigenvalue weighted by Crippen LogP contribution is -2.29. The van der Waals surface area contributed by atoms with Crippen molar-refractivity contribution < 1.29 is 24.2 Å². The number of ketones is 1. The van der Waals surface area contributed by atoms with Crippen molar-refractivity contribution >= 4 is 44.1 Å². The Labute approximate surface area is 225 Å². The summed E-state index contributed by atoms with van der Waals surface area (Å²) >= 11 is 1.34. The average molecular weight is 529 g/mol. The molecule has 1 unspecified atom stereocenters. The molecule has 38 heavy (non-hydrogen) atoms. The predicted octanol–water partition coefficient (Wildman–Crippen LogP) is 6.20. The molecule has 1 aliphatic rings. The molecule has 0 aliphatic carbocycles. The number of nitrogens with zero attached hydrogens (tertiary/aromatic N) is 2. The highest BCUT2D eigenvalue weighted by molar-refractivity contribution is 7.22. The molecule has 2 heterocycles. The molecule has 4 aromatic rings. The Hall–Kier alpha value is -4.17. The van der Waals surface area contributed by atoms with Gasteiger partial charge in [-0.1, -0.05) is 60.2 Å². The number of aromatic nitrogens is 1. The third kappa shape index (κ3) is 4.41. The third-order valence-corrected chi connectivity index (χ3v) is 7.65. The smallest absolute Gasteiger partial charge is 0.301 e. The SMILES string of the molecule is CCOc1ccc(C2C(=C(O)c3ccc(C)cc3)C(=O)C(=O)N2c2nc3ccc(CC)cc3s2)cc1OC. The molecule has 0 saturated carbocycles. The Balaban J connectivity index is 1.72. The second-order valence-corrected chi connectivity index (χ2v) is 10.0. The normalized spacial score (nSPS) is 16.8. The third-order valence-electron chi connectivity index (χ3n) is 6.63. The molecule has 1 N–H and O–H groups in total. The van der Waals surface area contributed by atoms with E-state index in [1.54, 1.807) is 30.3 Å².